The largest absolute Gasteiger partial charge is 0.388 e. The third-order valence-electron chi connectivity index (χ3n) is 3.40. The van der Waals surface area contributed by atoms with Gasteiger partial charge in [-0.1, -0.05) is 13.0 Å². The van der Waals surface area contributed by atoms with Crippen LogP contribution >= 0.6 is 15.9 Å². The van der Waals surface area contributed by atoms with E-state index in [0.717, 1.165) is 23.9 Å². The van der Waals surface area contributed by atoms with Gasteiger partial charge in [-0.3, -0.25) is 4.68 Å². The van der Waals surface area contributed by atoms with Crippen LogP contribution in [-0.4, -0.2) is 14.9 Å². The van der Waals surface area contributed by atoms with Gasteiger partial charge in [0.15, 0.2) is 11.6 Å². The number of aromatic nitrogens is 2. The van der Waals surface area contributed by atoms with Crippen molar-refractivity contribution in [1.82, 2.24) is 9.78 Å². The highest BCUT2D eigenvalue weighted by molar-refractivity contribution is 9.10. The Morgan fingerprint density at radius 1 is 1.33 bits per heavy atom. The first kappa shape index (κ1) is 16.1. The maximum Gasteiger partial charge on any atom is 0.173 e. The Morgan fingerprint density at radius 3 is 2.67 bits per heavy atom. The third-order valence-corrected chi connectivity index (χ3v) is 4.21. The van der Waals surface area contributed by atoms with Gasteiger partial charge in [-0.2, -0.15) is 5.10 Å². The van der Waals surface area contributed by atoms with Crippen molar-refractivity contribution in [3.63, 3.8) is 0 Å². The molecule has 1 aromatic heterocycles. The highest BCUT2D eigenvalue weighted by Crippen LogP contribution is 2.29. The molecule has 1 heterocycles. The number of hydrogen-bond acceptors (Lipinski definition) is 2. The lowest BCUT2D eigenvalue weighted by molar-refractivity contribution is 0.174. The Labute approximate surface area is 130 Å². The molecule has 1 aromatic carbocycles. The molecule has 0 radical (unpaired) electrons. The number of hydrogen-bond donors (Lipinski definition) is 1. The van der Waals surface area contributed by atoms with E-state index in [4.69, 9.17) is 0 Å². The molecule has 2 aromatic rings. The number of aryl methyl sites for hydroxylation is 2. The van der Waals surface area contributed by atoms with Crippen molar-refractivity contribution in [2.75, 3.05) is 0 Å². The lowest BCUT2D eigenvalue weighted by Gasteiger charge is -2.14. The maximum absolute atomic E-state index is 13.5. The summed E-state index contributed by atoms with van der Waals surface area (Å²) in [6, 6.07) is 4.34. The van der Waals surface area contributed by atoms with E-state index in [2.05, 4.69) is 21.0 Å². The molecule has 0 bridgehead atoms. The molecule has 114 valence electrons. The zero-order valence-corrected chi connectivity index (χ0v) is 13.5. The van der Waals surface area contributed by atoms with Crippen LogP contribution in [-0.2, 0) is 19.4 Å². The van der Waals surface area contributed by atoms with E-state index in [-0.39, 0.29) is 4.47 Å². The van der Waals surface area contributed by atoms with E-state index < -0.39 is 17.7 Å². The number of benzene rings is 1. The Morgan fingerprint density at radius 2 is 2.05 bits per heavy atom. The topological polar surface area (TPSA) is 38.0 Å². The van der Waals surface area contributed by atoms with Crippen molar-refractivity contribution < 1.29 is 13.9 Å². The fraction of sp³-hybridized carbons (Fsp3) is 0.400. The molecule has 0 spiro atoms. The predicted molar refractivity (Wildman–Crippen MR) is 80.0 cm³/mol. The van der Waals surface area contributed by atoms with Crippen LogP contribution in [0.25, 0.3) is 0 Å². The molecule has 1 N–H and O–H groups in total. The van der Waals surface area contributed by atoms with Gasteiger partial charge in [0.25, 0.3) is 0 Å². The van der Waals surface area contributed by atoms with Gasteiger partial charge in [0.05, 0.1) is 16.3 Å². The number of rotatable bonds is 5. The van der Waals surface area contributed by atoms with Crippen LogP contribution in [0, 0.1) is 11.6 Å². The molecule has 0 fully saturated rings. The molecule has 0 aliphatic heterocycles. The summed E-state index contributed by atoms with van der Waals surface area (Å²) in [4.78, 5) is 0. The molecule has 0 amide bonds. The molecule has 3 nitrogen and oxygen atoms in total. The van der Waals surface area contributed by atoms with E-state index in [1.165, 1.54) is 6.07 Å². The minimum atomic E-state index is -0.982. The Bertz CT molecular complexity index is 643. The van der Waals surface area contributed by atoms with Gasteiger partial charge in [-0.05, 0) is 47.0 Å². The van der Waals surface area contributed by atoms with E-state index >= 15 is 0 Å². The van der Waals surface area contributed by atoms with E-state index in [9.17, 15) is 13.9 Å². The zero-order chi connectivity index (χ0) is 15.6. The fourth-order valence-electron chi connectivity index (χ4n) is 2.23. The van der Waals surface area contributed by atoms with E-state index in [1.807, 2.05) is 24.6 Å². The standard InChI is InChI=1S/C15H17BrF2N2O/c1-3-9-7-10(20(4-2)19-9)8-13(21)11-5-6-12(17)15(18)14(11)16/h5-7,13,21H,3-4,8H2,1-2H3. The molecule has 2 rings (SSSR count). The Hall–Kier alpha value is -1.27. The van der Waals surface area contributed by atoms with Crippen molar-refractivity contribution in [2.24, 2.45) is 0 Å². The second kappa shape index (κ2) is 6.66. The average molecular weight is 359 g/mol. The lowest BCUT2D eigenvalue weighted by atomic mass is 10.0. The van der Waals surface area contributed by atoms with Gasteiger partial charge < -0.3 is 5.11 Å². The number of halogens is 3. The van der Waals surface area contributed by atoms with Crippen molar-refractivity contribution in [2.45, 2.75) is 39.3 Å². The van der Waals surface area contributed by atoms with Gasteiger partial charge in [0, 0.05) is 18.7 Å². The van der Waals surface area contributed by atoms with Gasteiger partial charge in [0.2, 0.25) is 0 Å². The summed E-state index contributed by atoms with van der Waals surface area (Å²) in [5, 5.41) is 14.7. The second-order valence-electron chi connectivity index (χ2n) is 4.78. The monoisotopic (exact) mass is 358 g/mol. The van der Waals surface area contributed by atoms with Crippen LogP contribution < -0.4 is 0 Å². The molecule has 21 heavy (non-hydrogen) atoms. The maximum atomic E-state index is 13.5. The minimum Gasteiger partial charge on any atom is -0.388 e. The highest BCUT2D eigenvalue weighted by atomic mass is 79.9. The van der Waals surface area contributed by atoms with Crippen molar-refractivity contribution in [3.05, 3.63) is 51.3 Å². The van der Waals surface area contributed by atoms with Gasteiger partial charge in [-0.25, -0.2) is 8.78 Å². The van der Waals surface area contributed by atoms with Gasteiger partial charge in [-0.15, -0.1) is 0 Å². The zero-order valence-electron chi connectivity index (χ0n) is 11.9. The minimum absolute atomic E-state index is 0.0340. The predicted octanol–water partition coefficient (Wildman–Crippen LogP) is 3.78. The van der Waals surface area contributed by atoms with Crippen LogP contribution in [0.15, 0.2) is 22.7 Å². The molecule has 1 atom stereocenters. The molecule has 0 saturated carbocycles. The molecular weight excluding hydrogens is 342 g/mol. The van der Waals surface area contributed by atoms with Crippen LogP contribution in [0.2, 0.25) is 0 Å². The molecule has 0 aliphatic rings. The highest BCUT2D eigenvalue weighted by Gasteiger charge is 2.19. The molecule has 1 unspecified atom stereocenters. The molecule has 6 heteroatoms. The van der Waals surface area contributed by atoms with Crippen molar-refractivity contribution in [1.29, 1.82) is 0 Å². The van der Waals surface area contributed by atoms with Crippen LogP contribution in [0.1, 0.15) is 36.9 Å². The van der Waals surface area contributed by atoms with Crippen LogP contribution in [0.3, 0.4) is 0 Å². The van der Waals surface area contributed by atoms with Gasteiger partial charge in [0.1, 0.15) is 0 Å². The summed E-state index contributed by atoms with van der Waals surface area (Å²) in [7, 11) is 0. The molecule has 0 saturated heterocycles. The smallest absolute Gasteiger partial charge is 0.173 e. The first-order chi connectivity index (χ1) is 9.97. The number of aliphatic hydroxyl groups excluding tert-OH is 1. The number of nitrogens with zero attached hydrogens (tertiary/aromatic N) is 2. The Balaban J connectivity index is 2.28. The van der Waals surface area contributed by atoms with Crippen molar-refractivity contribution in [3.8, 4) is 0 Å². The van der Waals surface area contributed by atoms with Gasteiger partial charge >= 0.3 is 0 Å². The lowest BCUT2D eigenvalue weighted by Crippen LogP contribution is -2.09. The summed E-state index contributed by atoms with van der Waals surface area (Å²) >= 11 is 3.00. The molecular formula is C15H17BrF2N2O. The summed E-state index contributed by atoms with van der Waals surface area (Å²) < 4.78 is 28.4. The van der Waals surface area contributed by atoms with Crippen LogP contribution in [0.4, 0.5) is 8.78 Å². The average Bonchev–Trinajstić information content (AvgIpc) is 2.87. The number of aliphatic hydroxyl groups is 1. The summed E-state index contributed by atoms with van der Waals surface area (Å²) in [6.45, 7) is 4.67. The van der Waals surface area contributed by atoms with Crippen molar-refractivity contribution >= 4 is 15.9 Å². The summed E-state index contributed by atoms with van der Waals surface area (Å²) in [5.41, 5.74) is 2.15. The fourth-order valence-corrected chi connectivity index (χ4v) is 2.82. The molecule has 0 aliphatic carbocycles. The third kappa shape index (κ3) is 3.32. The SMILES string of the molecule is CCc1cc(CC(O)c2ccc(F)c(F)c2Br)n(CC)n1. The normalized spacial score (nSPS) is 12.7. The van der Waals surface area contributed by atoms with Crippen LogP contribution in [0.5, 0.6) is 0 Å². The first-order valence-corrected chi connectivity index (χ1v) is 7.64. The van der Waals surface area contributed by atoms with E-state index in [0.29, 0.717) is 18.5 Å². The second-order valence-corrected chi connectivity index (χ2v) is 5.57. The summed E-state index contributed by atoms with van der Waals surface area (Å²) in [6.07, 6.45) is 0.177. The first-order valence-electron chi connectivity index (χ1n) is 6.84. The quantitative estimate of drug-likeness (QED) is 0.825. The van der Waals surface area contributed by atoms with E-state index in [1.54, 1.807) is 0 Å². The summed E-state index contributed by atoms with van der Waals surface area (Å²) in [5.74, 6) is -1.92. The Kier molecular flexibility index (Phi) is 5.11.